The number of nitro groups is 2. The molecule has 1 aromatic carbocycles. The van der Waals surface area contributed by atoms with Gasteiger partial charge in [0, 0.05) is 12.5 Å². The Morgan fingerprint density at radius 1 is 1.38 bits per heavy atom. The van der Waals surface area contributed by atoms with E-state index >= 15 is 0 Å². The molecule has 0 saturated carbocycles. The molecule has 0 amide bonds. The van der Waals surface area contributed by atoms with E-state index < -0.39 is 32.7 Å². The lowest BCUT2D eigenvalue weighted by molar-refractivity contribution is -0.421. The Hall–Kier alpha value is -3.35. The van der Waals surface area contributed by atoms with Crippen molar-refractivity contribution in [1.82, 2.24) is 0 Å². The number of carbonyl (C=O) groups is 1. The van der Waals surface area contributed by atoms with E-state index in [9.17, 15) is 25.0 Å². The summed E-state index contributed by atoms with van der Waals surface area (Å²) in [4.78, 5) is 31.2. The summed E-state index contributed by atoms with van der Waals surface area (Å²) >= 11 is 0. The summed E-state index contributed by atoms with van der Waals surface area (Å²) in [6, 6.07) is 4.91. The smallest absolute Gasteiger partial charge is 0.292 e. The summed E-state index contributed by atoms with van der Waals surface area (Å²) in [5.74, 6) is -0.557. The van der Waals surface area contributed by atoms with Crippen LogP contribution < -0.4 is 5.43 Å². The SMILES string of the molecule is CCC(=O)/C(C#N)=N/Nc1cccc([N+](=O)[O-])c1[N+](=O)[O-]. The van der Waals surface area contributed by atoms with E-state index in [1.54, 1.807) is 6.07 Å². The Bertz CT molecular complexity index is 676. The maximum atomic E-state index is 11.3. The average Bonchev–Trinajstić information content (AvgIpc) is 2.46. The molecule has 0 fully saturated rings. The van der Waals surface area contributed by atoms with E-state index in [1.807, 2.05) is 0 Å². The van der Waals surface area contributed by atoms with Gasteiger partial charge >= 0.3 is 11.4 Å². The summed E-state index contributed by atoms with van der Waals surface area (Å²) in [7, 11) is 0. The number of anilines is 1. The van der Waals surface area contributed by atoms with Crippen LogP contribution in [0.15, 0.2) is 23.3 Å². The fraction of sp³-hybridized carbons (Fsp3) is 0.182. The Kier molecular flexibility index (Phi) is 5.02. The molecule has 0 aliphatic rings. The molecule has 0 bridgehead atoms. The highest BCUT2D eigenvalue weighted by Crippen LogP contribution is 2.34. The van der Waals surface area contributed by atoms with Gasteiger partial charge in [0.1, 0.15) is 11.8 Å². The number of hydrazone groups is 1. The van der Waals surface area contributed by atoms with Crippen LogP contribution in [0.5, 0.6) is 0 Å². The second-order valence-electron chi connectivity index (χ2n) is 3.65. The number of nitrogens with zero attached hydrogens (tertiary/aromatic N) is 4. The Labute approximate surface area is 118 Å². The monoisotopic (exact) mass is 291 g/mol. The van der Waals surface area contributed by atoms with Crippen LogP contribution in [-0.2, 0) is 4.79 Å². The molecule has 1 rings (SSSR count). The van der Waals surface area contributed by atoms with Gasteiger partial charge in [-0.3, -0.25) is 30.4 Å². The number of nitro benzene ring substituents is 2. The van der Waals surface area contributed by atoms with Crippen molar-refractivity contribution < 1.29 is 14.6 Å². The molecule has 1 N–H and O–H groups in total. The molecule has 0 aliphatic carbocycles. The van der Waals surface area contributed by atoms with Gasteiger partial charge in [-0.1, -0.05) is 13.0 Å². The minimum Gasteiger partial charge on any atom is -0.292 e. The topological polar surface area (TPSA) is 152 Å². The zero-order valence-corrected chi connectivity index (χ0v) is 10.8. The van der Waals surface area contributed by atoms with Crippen molar-refractivity contribution >= 4 is 28.6 Å². The van der Waals surface area contributed by atoms with Crippen LogP contribution in [0, 0.1) is 31.6 Å². The largest absolute Gasteiger partial charge is 0.370 e. The maximum absolute atomic E-state index is 11.3. The summed E-state index contributed by atoms with van der Waals surface area (Å²) in [6.07, 6.45) is 0.0328. The number of hydrogen-bond donors (Lipinski definition) is 1. The summed E-state index contributed by atoms with van der Waals surface area (Å²) < 4.78 is 0. The van der Waals surface area contributed by atoms with Gasteiger partial charge in [-0.15, -0.1) is 0 Å². The predicted octanol–water partition coefficient (Wildman–Crippen LogP) is 1.77. The van der Waals surface area contributed by atoms with Crippen molar-refractivity contribution in [3.05, 3.63) is 38.4 Å². The molecule has 10 nitrogen and oxygen atoms in total. The second-order valence-corrected chi connectivity index (χ2v) is 3.65. The van der Waals surface area contributed by atoms with E-state index in [4.69, 9.17) is 5.26 Å². The highest BCUT2D eigenvalue weighted by molar-refractivity contribution is 6.46. The second kappa shape index (κ2) is 6.71. The van der Waals surface area contributed by atoms with Crippen molar-refractivity contribution in [3.8, 4) is 6.07 Å². The number of rotatable bonds is 6. The van der Waals surface area contributed by atoms with Gasteiger partial charge < -0.3 is 0 Å². The maximum Gasteiger partial charge on any atom is 0.370 e. The van der Waals surface area contributed by atoms with Crippen LogP contribution in [-0.4, -0.2) is 21.3 Å². The molecule has 1 aromatic rings. The van der Waals surface area contributed by atoms with E-state index in [-0.39, 0.29) is 12.1 Å². The molecule has 0 radical (unpaired) electrons. The minimum absolute atomic E-state index is 0.0328. The molecule has 0 spiro atoms. The molecule has 0 unspecified atom stereocenters. The van der Waals surface area contributed by atoms with Crippen LogP contribution in [0.25, 0.3) is 0 Å². The van der Waals surface area contributed by atoms with Crippen molar-refractivity contribution in [2.75, 3.05) is 5.43 Å². The molecular formula is C11H9N5O5. The minimum atomic E-state index is -0.941. The molecule has 10 heteroatoms. The molecular weight excluding hydrogens is 282 g/mol. The van der Waals surface area contributed by atoms with Crippen molar-refractivity contribution in [2.45, 2.75) is 13.3 Å². The Balaban J connectivity index is 3.27. The predicted molar refractivity (Wildman–Crippen MR) is 71.7 cm³/mol. The first-order valence-corrected chi connectivity index (χ1v) is 5.61. The van der Waals surface area contributed by atoms with Gasteiger partial charge in [0.05, 0.1) is 9.85 Å². The van der Waals surface area contributed by atoms with Gasteiger partial charge in [-0.05, 0) is 6.07 Å². The average molecular weight is 291 g/mol. The fourth-order valence-electron chi connectivity index (χ4n) is 1.39. The first-order valence-electron chi connectivity index (χ1n) is 5.61. The number of carbonyl (C=O) groups excluding carboxylic acids is 1. The molecule has 108 valence electrons. The molecule has 21 heavy (non-hydrogen) atoms. The van der Waals surface area contributed by atoms with Gasteiger partial charge in [0.25, 0.3) is 0 Å². The number of ketones is 1. The number of nitriles is 1. The standard InChI is InChI=1S/C11H9N5O5/c1-2-10(17)8(6-12)14-13-7-4-3-5-9(15(18)19)11(7)16(20)21/h3-5,13H,2H2,1H3/b14-8+. The van der Waals surface area contributed by atoms with E-state index in [0.717, 1.165) is 6.07 Å². The quantitative estimate of drug-likeness (QED) is 0.476. The first-order chi connectivity index (χ1) is 9.92. The lowest BCUT2D eigenvalue weighted by atomic mass is 10.2. The number of para-hydroxylation sites is 1. The lowest BCUT2D eigenvalue weighted by Gasteiger charge is -2.02. The summed E-state index contributed by atoms with van der Waals surface area (Å²) in [5.41, 5.74) is -0.126. The third-order valence-electron chi connectivity index (χ3n) is 2.37. The Morgan fingerprint density at radius 2 is 2.05 bits per heavy atom. The highest BCUT2D eigenvalue weighted by atomic mass is 16.6. The summed E-state index contributed by atoms with van der Waals surface area (Å²) in [6.45, 7) is 1.52. The van der Waals surface area contributed by atoms with Crippen LogP contribution in [0.1, 0.15) is 13.3 Å². The zero-order valence-electron chi connectivity index (χ0n) is 10.8. The lowest BCUT2D eigenvalue weighted by Crippen LogP contribution is -2.12. The summed E-state index contributed by atoms with van der Waals surface area (Å²) in [5, 5.41) is 33.9. The van der Waals surface area contributed by atoms with Crippen LogP contribution in [0.4, 0.5) is 17.1 Å². The van der Waals surface area contributed by atoms with Crippen molar-refractivity contribution in [3.63, 3.8) is 0 Å². The third kappa shape index (κ3) is 3.57. The fourth-order valence-corrected chi connectivity index (χ4v) is 1.39. The van der Waals surface area contributed by atoms with Crippen LogP contribution in [0.3, 0.4) is 0 Å². The van der Waals surface area contributed by atoms with E-state index in [1.165, 1.54) is 19.1 Å². The van der Waals surface area contributed by atoms with Crippen LogP contribution >= 0.6 is 0 Å². The number of hydrogen-bond acceptors (Lipinski definition) is 8. The molecule has 0 aliphatic heterocycles. The van der Waals surface area contributed by atoms with Crippen LogP contribution in [0.2, 0.25) is 0 Å². The number of benzene rings is 1. The molecule has 0 atom stereocenters. The number of Topliss-reactive ketones (excluding diaryl/α,β-unsaturated/α-hetero) is 1. The molecule has 0 heterocycles. The van der Waals surface area contributed by atoms with Gasteiger partial charge in [-0.25, -0.2) is 0 Å². The molecule has 0 aromatic heterocycles. The van der Waals surface area contributed by atoms with E-state index in [0.29, 0.717) is 0 Å². The first kappa shape index (κ1) is 15.7. The van der Waals surface area contributed by atoms with Crippen molar-refractivity contribution in [2.24, 2.45) is 5.10 Å². The molecule has 0 saturated heterocycles. The normalized spacial score (nSPS) is 10.6. The Morgan fingerprint density at radius 3 is 2.52 bits per heavy atom. The zero-order chi connectivity index (χ0) is 16.0. The van der Waals surface area contributed by atoms with Gasteiger partial charge in [0.2, 0.25) is 5.71 Å². The van der Waals surface area contributed by atoms with Crippen molar-refractivity contribution in [1.29, 1.82) is 5.26 Å². The number of nitrogens with one attached hydrogen (secondary N) is 1. The van der Waals surface area contributed by atoms with Gasteiger partial charge in [0.15, 0.2) is 5.78 Å². The van der Waals surface area contributed by atoms with Gasteiger partial charge in [-0.2, -0.15) is 10.4 Å². The third-order valence-corrected chi connectivity index (χ3v) is 2.37. The van der Waals surface area contributed by atoms with E-state index in [2.05, 4.69) is 10.5 Å². The highest BCUT2D eigenvalue weighted by Gasteiger charge is 2.28.